The van der Waals surface area contributed by atoms with E-state index in [1.807, 2.05) is 0 Å². The Hall–Kier alpha value is -0.960. The predicted molar refractivity (Wildman–Crippen MR) is 229 cm³/mol. The van der Waals surface area contributed by atoms with Crippen LogP contribution < -0.4 is 5.32 Å². The van der Waals surface area contributed by atoms with Crippen molar-refractivity contribution in [1.82, 2.24) is 5.32 Å². The van der Waals surface area contributed by atoms with E-state index in [1.54, 1.807) is 6.08 Å². The van der Waals surface area contributed by atoms with Crippen LogP contribution in [-0.2, 0) is 18.4 Å². The van der Waals surface area contributed by atoms with E-state index in [1.165, 1.54) is 115 Å². The van der Waals surface area contributed by atoms with Gasteiger partial charge in [-0.05, 0) is 19.3 Å². The molecule has 344 valence electrons. The molecule has 0 radical (unpaired) electrons. The minimum atomic E-state index is -5.13. The third-order valence-electron chi connectivity index (χ3n) is 11.4. The molecular formula is C44H86NO12P. The molecule has 13 nitrogen and oxygen atoms in total. The van der Waals surface area contributed by atoms with Crippen molar-refractivity contribution in [3.05, 3.63) is 12.2 Å². The lowest BCUT2D eigenvalue weighted by atomic mass is 9.85. The van der Waals surface area contributed by atoms with Crippen LogP contribution in [0.1, 0.15) is 200 Å². The van der Waals surface area contributed by atoms with Crippen LogP contribution in [-0.4, -0.2) is 108 Å². The average Bonchev–Trinajstić information content (AvgIpc) is 3.19. The summed E-state index contributed by atoms with van der Waals surface area (Å²) in [4.78, 5) is 23.3. The van der Waals surface area contributed by atoms with Crippen LogP contribution in [0, 0.1) is 0 Å². The van der Waals surface area contributed by atoms with Crippen molar-refractivity contribution in [2.24, 2.45) is 0 Å². The first-order chi connectivity index (χ1) is 27.8. The van der Waals surface area contributed by atoms with Crippen molar-refractivity contribution in [1.29, 1.82) is 0 Å². The second kappa shape index (κ2) is 34.6. The molecule has 1 fully saturated rings. The van der Waals surface area contributed by atoms with Crippen molar-refractivity contribution in [3.63, 3.8) is 0 Å². The van der Waals surface area contributed by atoms with Gasteiger partial charge in [0, 0.05) is 0 Å². The van der Waals surface area contributed by atoms with Gasteiger partial charge in [-0.1, -0.05) is 187 Å². The summed E-state index contributed by atoms with van der Waals surface area (Å²) >= 11 is 0. The summed E-state index contributed by atoms with van der Waals surface area (Å²) < 4.78 is 22.7. The van der Waals surface area contributed by atoms with E-state index < -0.39 is 75.2 Å². The number of allylic oxidation sites excluding steroid dienone is 1. The van der Waals surface area contributed by atoms with Gasteiger partial charge in [0.1, 0.15) is 36.6 Å². The van der Waals surface area contributed by atoms with Crippen LogP contribution in [0.5, 0.6) is 0 Å². The van der Waals surface area contributed by atoms with Crippen molar-refractivity contribution in [2.75, 3.05) is 6.61 Å². The molecule has 8 unspecified atom stereocenters. The number of hydrogen-bond acceptors (Lipinski definition) is 11. The van der Waals surface area contributed by atoms with Crippen LogP contribution in [0.2, 0.25) is 0 Å². The van der Waals surface area contributed by atoms with E-state index in [-0.39, 0.29) is 6.42 Å². The Balaban J connectivity index is 2.36. The van der Waals surface area contributed by atoms with Gasteiger partial charge in [-0.2, -0.15) is 0 Å². The molecule has 1 saturated carbocycles. The first kappa shape index (κ1) is 55.1. The topological polar surface area (TPSA) is 226 Å². The molecule has 0 aromatic rings. The maximum Gasteiger partial charge on any atom is 0.472 e. The monoisotopic (exact) mass is 852 g/mol. The van der Waals surface area contributed by atoms with E-state index >= 15 is 0 Å². The maximum absolute atomic E-state index is 12.9. The highest BCUT2D eigenvalue weighted by atomic mass is 31.2. The van der Waals surface area contributed by atoms with Gasteiger partial charge in [-0.15, -0.1) is 0 Å². The predicted octanol–water partition coefficient (Wildman–Crippen LogP) is 7.42. The molecule has 1 aliphatic carbocycles. The van der Waals surface area contributed by atoms with Gasteiger partial charge in [-0.25, -0.2) is 4.57 Å². The van der Waals surface area contributed by atoms with Gasteiger partial charge in [0.25, 0.3) is 0 Å². The number of aliphatic hydroxyl groups is 7. The summed E-state index contributed by atoms with van der Waals surface area (Å²) in [7, 11) is -5.13. The standard InChI is InChI=1S/C44H86NO12P/c1-3-5-7-9-11-12-13-14-15-16-17-18-19-20-21-22-23-24-26-27-29-31-35(46)33-38(48)45-36(37(47)32-30-28-25-10-8-6-4-2)34-56-58(54,55)57-44-42(52)40(50)39(49)41(51)43(44)53/h30,32,35-37,39-44,46-47,49-53H,3-29,31,33-34H2,1-2H3,(H,45,48)(H,54,55)/b32-30+. The Morgan fingerprint density at radius 3 is 1.41 bits per heavy atom. The molecule has 1 aliphatic rings. The van der Waals surface area contributed by atoms with E-state index in [0.29, 0.717) is 12.8 Å². The molecule has 0 bridgehead atoms. The fourth-order valence-corrected chi connectivity index (χ4v) is 8.50. The number of hydrogen-bond donors (Lipinski definition) is 9. The summed E-state index contributed by atoms with van der Waals surface area (Å²) in [6, 6.07) is -1.23. The fraction of sp³-hybridized carbons (Fsp3) is 0.932. The summed E-state index contributed by atoms with van der Waals surface area (Å²) in [6.07, 6.45) is 22.2. The molecular weight excluding hydrogens is 765 g/mol. The fourth-order valence-electron chi connectivity index (χ4n) is 7.54. The molecule has 1 rings (SSSR count). The molecule has 0 heterocycles. The van der Waals surface area contributed by atoms with E-state index in [2.05, 4.69) is 19.2 Å². The Morgan fingerprint density at radius 1 is 0.603 bits per heavy atom. The quantitative estimate of drug-likeness (QED) is 0.0168. The molecule has 9 N–H and O–H groups in total. The van der Waals surface area contributed by atoms with Crippen molar-refractivity contribution < 1.29 is 59.0 Å². The molecule has 8 atom stereocenters. The molecule has 1 amide bonds. The first-order valence-corrected chi connectivity index (χ1v) is 24.7. The van der Waals surface area contributed by atoms with Crippen LogP contribution >= 0.6 is 7.82 Å². The minimum absolute atomic E-state index is 0.241. The molecule has 0 saturated heterocycles. The highest BCUT2D eigenvalue weighted by Gasteiger charge is 2.51. The molecule has 0 aliphatic heterocycles. The lowest BCUT2D eigenvalue weighted by Crippen LogP contribution is -2.64. The van der Waals surface area contributed by atoms with Crippen LogP contribution in [0.4, 0.5) is 0 Å². The second-order valence-corrected chi connectivity index (χ2v) is 18.2. The zero-order valence-corrected chi connectivity index (χ0v) is 37.1. The summed E-state index contributed by atoms with van der Waals surface area (Å²) in [6.45, 7) is 3.66. The number of amides is 1. The zero-order valence-electron chi connectivity index (χ0n) is 36.2. The van der Waals surface area contributed by atoms with Gasteiger partial charge in [0.15, 0.2) is 0 Å². The highest BCUT2D eigenvalue weighted by Crippen LogP contribution is 2.47. The van der Waals surface area contributed by atoms with Gasteiger partial charge in [-0.3, -0.25) is 13.8 Å². The van der Waals surface area contributed by atoms with E-state index in [9.17, 15) is 50.0 Å². The van der Waals surface area contributed by atoms with Gasteiger partial charge >= 0.3 is 7.82 Å². The van der Waals surface area contributed by atoms with Gasteiger partial charge in [0.05, 0.1) is 31.3 Å². The number of phosphoric ester groups is 1. The lowest BCUT2D eigenvalue weighted by Gasteiger charge is -2.41. The summed E-state index contributed by atoms with van der Waals surface area (Å²) in [5.74, 6) is -0.594. The zero-order chi connectivity index (χ0) is 43.0. The summed E-state index contributed by atoms with van der Waals surface area (Å²) in [5.41, 5.74) is 0. The van der Waals surface area contributed by atoms with Gasteiger partial charge in [0.2, 0.25) is 5.91 Å². The summed E-state index contributed by atoms with van der Waals surface area (Å²) in [5, 5.41) is 74.1. The molecule has 0 spiro atoms. The number of carbonyl (C=O) groups excluding carboxylic acids is 1. The molecule has 58 heavy (non-hydrogen) atoms. The number of phosphoric acid groups is 1. The Labute approximate surface area is 351 Å². The van der Waals surface area contributed by atoms with E-state index in [4.69, 9.17) is 9.05 Å². The number of unbranched alkanes of at least 4 members (excludes halogenated alkanes) is 25. The van der Waals surface area contributed by atoms with Crippen LogP contribution in [0.15, 0.2) is 12.2 Å². The smallest absolute Gasteiger partial charge is 0.393 e. The van der Waals surface area contributed by atoms with E-state index in [0.717, 1.165) is 57.8 Å². The third-order valence-corrected chi connectivity index (χ3v) is 12.4. The Kier molecular flexibility index (Phi) is 32.9. The lowest BCUT2D eigenvalue weighted by molar-refractivity contribution is -0.220. The first-order valence-electron chi connectivity index (χ1n) is 23.2. The number of rotatable bonds is 38. The van der Waals surface area contributed by atoms with Gasteiger partial charge < -0.3 is 46.0 Å². The number of nitrogens with one attached hydrogen (secondary N) is 1. The average molecular weight is 852 g/mol. The maximum atomic E-state index is 12.9. The normalized spacial score (nSPS) is 23.8. The Bertz CT molecular complexity index is 1050. The molecule has 14 heteroatoms. The largest absolute Gasteiger partial charge is 0.472 e. The molecule has 0 aromatic carbocycles. The molecule has 0 aromatic heterocycles. The van der Waals surface area contributed by atoms with Crippen molar-refractivity contribution in [3.8, 4) is 0 Å². The number of carbonyl (C=O) groups is 1. The van der Waals surface area contributed by atoms with Crippen molar-refractivity contribution in [2.45, 2.75) is 255 Å². The Morgan fingerprint density at radius 2 is 0.983 bits per heavy atom. The number of aliphatic hydroxyl groups excluding tert-OH is 7. The SMILES string of the molecule is CCCCCCC/C=C/C(O)C(COP(=O)(O)OC1C(O)C(O)C(O)C(O)C1O)NC(=O)CC(O)CCCCCCCCCCCCCCCCCCCCCCC. The van der Waals surface area contributed by atoms with Crippen LogP contribution in [0.25, 0.3) is 0 Å². The van der Waals surface area contributed by atoms with Crippen LogP contribution in [0.3, 0.4) is 0 Å². The third kappa shape index (κ3) is 26.4. The second-order valence-electron chi connectivity index (χ2n) is 16.8. The highest BCUT2D eigenvalue weighted by molar-refractivity contribution is 7.47. The minimum Gasteiger partial charge on any atom is -0.393 e. The van der Waals surface area contributed by atoms with Crippen molar-refractivity contribution >= 4 is 13.7 Å².